The van der Waals surface area contributed by atoms with Crippen molar-refractivity contribution in [2.75, 3.05) is 0 Å². The summed E-state index contributed by atoms with van der Waals surface area (Å²) in [6.45, 7) is 0. The first-order valence-corrected chi connectivity index (χ1v) is 7.99. The van der Waals surface area contributed by atoms with Crippen LogP contribution >= 0.6 is 11.8 Å². The fourth-order valence-electron chi connectivity index (χ4n) is 2.29. The molecule has 1 aromatic rings. The molecule has 118 valence electrons. The molecule has 3 rings (SSSR count). The zero-order chi connectivity index (χ0) is 16.2. The van der Waals surface area contributed by atoms with Crippen molar-refractivity contribution in [2.24, 2.45) is 0 Å². The summed E-state index contributed by atoms with van der Waals surface area (Å²) in [5.74, 6) is -0.677. The summed E-state index contributed by atoms with van der Waals surface area (Å²) in [7, 11) is 0. The van der Waals surface area contributed by atoms with E-state index in [2.05, 4.69) is 4.98 Å². The predicted molar refractivity (Wildman–Crippen MR) is 87.0 cm³/mol. The van der Waals surface area contributed by atoms with E-state index in [1.807, 2.05) is 6.08 Å². The van der Waals surface area contributed by atoms with Gasteiger partial charge in [-0.1, -0.05) is 23.9 Å². The summed E-state index contributed by atoms with van der Waals surface area (Å²) in [4.78, 5) is 15.5. The van der Waals surface area contributed by atoms with Gasteiger partial charge in [-0.15, -0.1) is 0 Å². The molecule has 0 aliphatic carbocycles. The van der Waals surface area contributed by atoms with Crippen LogP contribution in [-0.4, -0.2) is 20.5 Å². The van der Waals surface area contributed by atoms with Gasteiger partial charge in [-0.2, -0.15) is 0 Å². The van der Waals surface area contributed by atoms with Crippen molar-refractivity contribution < 1.29 is 19.0 Å². The monoisotopic (exact) mass is 331 g/mol. The lowest BCUT2D eigenvalue weighted by molar-refractivity contribution is -0.106. The summed E-state index contributed by atoms with van der Waals surface area (Å²) in [6.07, 6.45) is 10.7. The van der Waals surface area contributed by atoms with E-state index in [1.165, 1.54) is 30.2 Å². The van der Waals surface area contributed by atoms with Gasteiger partial charge in [-0.25, -0.2) is 9.37 Å². The molecule has 23 heavy (non-hydrogen) atoms. The van der Waals surface area contributed by atoms with E-state index in [4.69, 9.17) is 4.74 Å². The molecule has 0 bridgehead atoms. The average molecular weight is 331 g/mol. The number of halogens is 1. The smallest absolute Gasteiger partial charge is 0.291 e. The lowest BCUT2D eigenvalue weighted by Crippen LogP contribution is -2.04. The van der Waals surface area contributed by atoms with Gasteiger partial charge >= 0.3 is 0 Å². The average Bonchev–Trinajstić information content (AvgIpc) is 2.83. The number of carbonyl (C=O) groups excluding carboxylic acids is 1. The maximum Gasteiger partial charge on any atom is 0.291 e. The molecule has 0 saturated carbocycles. The largest absolute Gasteiger partial charge is 0.480 e. The fourth-order valence-corrected chi connectivity index (χ4v) is 3.14. The molecule has 6 heteroatoms. The number of aliphatic hydroxyl groups is 1. The number of nitrogens with zero attached hydrogens (tertiary/aromatic N) is 1. The highest BCUT2D eigenvalue weighted by molar-refractivity contribution is 8.15. The van der Waals surface area contributed by atoms with Crippen molar-refractivity contribution in [2.45, 2.75) is 18.1 Å². The number of aliphatic hydroxyl groups excluding tert-OH is 1. The normalized spacial score (nSPS) is 20.0. The molecule has 2 aliphatic rings. The van der Waals surface area contributed by atoms with Gasteiger partial charge in [-0.05, 0) is 43.2 Å². The molecule has 3 heterocycles. The molecule has 0 spiro atoms. The third-order valence-corrected chi connectivity index (χ3v) is 4.50. The van der Waals surface area contributed by atoms with E-state index in [9.17, 15) is 14.3 Å². The Labute approximate surface area is 137 Å². The van der Waals surface area contributed by atoms with Gasteiger partial charge < -0.3 is 9.84 Å². The van der Waals surface area contributed by atoms with Crippen LogP contribution in [0.15, 0.2) is 54.7 Å². The third-order valence-electron chi connectivity index (χ3n) is 3.44. The van der Waals surface area contributed by atoms with Gasteiger partial charge in [0.05, 0.1) is 23.2 Å². The molecule has 0 aromatic carbocycles. The third kappa shape index (κ3) is 3.71. The summed E-state index contributed by atoms with van der Waals surface area (Å²) in [6, 6.07) is 2.82. The van der Waals surface area contributed by atoms with Gasteiger partial charge in [0, 0.05) is 5.25 Å². The van der Waals surface area contributed by atoms with Crippen molar-refractivity contribution in [1.82, 2.24) is 4.98 Å². The molecule has 0 saturated heterocycles. The fraction of sp³-hybridized carbons (Fsp3) is 0.176. The van der Waals surface area contributed by atoms with E-state index >= 15 is 0 Å². The van der Waals surface area contributed by atoms with Crippen LogP contribution in [0.1, 0.15) is 17.8 Å². The van der Waals surface area contributed by atoms with E-state index in [0.717, 1.165) is 0 Å². The standard InChI is InChI=1S/C17H14FNO3S/c18-13-6-8-14(12-3-1-2-10-22-17(12)21)19-15(13)7-4-11-5-9-16(20)23-11/h1-3,5-6,8-11,21H,4,7H2. The number of ether oxygens (including phenoxy) is 1. The summed E-state index contributed by atoms with van der Waals surface area (Å²) < 4.78 is 19.0. The summed E-state index contributed by atoms with van der Waals surface area (Å²) >= 11 is 1.24. The van der Waals surface area contributed by atoms with Crippen molar-refractivity contribution >= 4 is 22.5 Å². The Morgan fingerprint density at radius 3 is 2.96 bits per heavy atom. The van der Waals surface area contributed by atoms with Crippen LogP contribution in [0.2, 0.25) is 0 Å². The zero-order valence-corrected chi connectivity index (χ0v) is 12.9. The van der Waals surface area contributed by atoms with Gasteiger partial charge in [0.25, 0.3) is 5.95 Å². The topological polar surface area (TPSA) is 59.4 Å². The number of thioether (sulfide) groups is 1. The molecule has 1 atom stereocenters. The van der Waals surface area contributed by atoms with E-state index in [-0.39, 0.29) is 16.3 Å². The Kier molecular flexibility index (Phi) is 4.62. The van der Waals surface area contributed by atoms with Crippen LogP contribution in [0.3, 0.4) is 0 Å². The minimum Gasteiger partial charge on any atom is -0.480 e. The number of rotatable bonds is 4. The molecule has 0 amide bonds. The lowest BCUT2D eigenvalue weighted by Gasteiger charge is -2.09. The number of allylic oxidation sites excluding steroid dienone is 4. The summed E-state index contributed by atoms with van der Waals surface area (Å²) in [5, 5.41) is 9.95. The number of hydrogen-bond acceptors (Lipinski definition) is 5. The number of pyridine rings is 1. The van der Waals surface area contributed by atoms with E-state index < -0.39 is 5.82 Å². The number of hydrogen-bond donors (Lipinski definition) is 1. The first-order valence-electron chi connectivity index (χ1n) is 7.11. The van der Waals surface area contributed by atoms with E-state index in [0.29, 0.717) is 29.8 Å². The maximum absolute atomic E-state index is 14.0. The number of aromatic nitrogens is 1. The molecule has 2 aliphatic heterocycles. The van der Waals surface area contributed by atoms with Gasteiger partial charge in [0.2, 0.25) is 5.12 Å². The Bertz CT molecular complexity index is 752. The zero-order valence-electron chi connectivity index (χ0n) is 12.1. The SMILES string of the molecule is O=C1C=CC(CCc2nc(C3=C(O)OC=CC=C3)ccc2F)S1. The first-order chi connectivity index (χ1) is 11.1. The molecule has 1 aromatic heterocycles. The molecular formula is C17H14FNO3S. The van der Waals surface area contributed by atoms with Crippen molar-refractivity contribution in [3.05, 3.63) is 71.9 Å². The van der Waals surface area contributed by atoms with Gasteiger partial charge in [0.15, 0.2) is 0 Å². The second-order valence-electron chi connectivity index (χ2n) is 5.02. The highest BCUT2D eigenvalue weighted by atomic mass is 32.2. The number of carbonyl (C=O) groups is 1. The highest BCUT2D eigenvalue weighted by Gasteiger charge is 2.18. The molecule has 0 fully saturated rings. The molecular weight excluding hydrogens is 317 g/mol. The second kappa shape index (κ2) is 6.83. The number of aryl methyl sites for hydroxylation is 1. The van der Waals surface area contributed by atoms with Crippen molar-refractivity contribution in [3.63, 3.8) is 0 Å². The molecule has 1 N–H and O–H groups in total. The van der Waals surface area contributed by atoms with Crippen LogP contribution < -0.4 is 0 Å². The van der Waals surface area contributed by atoms with Crippen LogP contribution in [0.5, 0.6) is 0 Å². The molecule has 0 radical (unpaired) electrons. The molecule has 4 nitrogen and oxygen atoms in total. The maximum atomic E-state index is 14.0. The quantitative estimate of drug-likeness (QED) is 0.912. The first kappa shape index (κ1) is 15.6. The van der Waals surface area contributed by atoms with Gasteiger partial charge in [-0.3, -0.25) is 4.79 Å². The molecule has 1 unspecified atom stereocenters. The second-order valence-corrected chi connectivity index (χ2v) is 6.27. The van der Waals surface area contributed by atoms with Crippen LogP contribution in [0, 0.1) is 5.82 Å². The lowest BCUT2D eigenvalue weighted by atomic mass is 10.1. The van der Waals surface area contributed by atoms with Gasteiger partial charge in [0.1, 0.15) is 5.82 Å². The Morgan fingerprint density at radius 1 is 1.30 bits per heavy atom. The Hall–Kier alpha value is -2.34. The van der Waals surface area contributed by atoms with Crippen molar-refractivity contribution in [3.8, 4) is 0 Å². The highest BCUT2D eigenvalue weighted by Crippen LogP contribution is 2.26. The predicted octanol–water partition coefficient (Wildman–Crippen LogP) is 3.68. The van der Waals surface area contributed by atoms with Crippen LogP contribution in [0.25, 0.3) is 5.57 Å². The Morgan fingerprint density at radius 2 is 2.17 bits per heavy atom. The van der Waals surface area contributed by atoms with Crippen LogP contribution in [-0.2, 0) is 16.0 Å². The minimum atomic E-state index is -0.399. The minimum absolute atomic E-state index is 0.0282. The van der Waals surface area contributed by atoms with Crippen molar-refractivity contribution in [1.29, 1.82) is 0 Å². The Balaban J connectivity index is 1.79. The summed E-state index contributed by atoms with van der Waals surface area (Å²) in [5.41, 5.74) is 1.13. The van der Waals surface area contributed by atoms with E-state index in [1.54, 1.807) is 24.3 Å². The van der Waals surface area contributed by atoms with Crippen LogP contribution in [0.4, 0.5) is 4.39 Å².